The van der Waals surface area contributed by atoms with Crippen molar-refractivity contribution in [3.05, 3.63) is 64.6 Å². The molecule has 1 fully saturated rings. The molecule has 1 aliphatic heterocycles. The molecule has 31 heavy (non-hydrogen) atoms. The van der Waals surface area contributed by atoms with Gasteiger partial charge in [0.2, 0.25) is 0 Å². The zero-order valence-electron chi connectivity index (χ0n) is 16.9. The van der Waals surface area contributed by atoms with E-state index in [9.17, 15) is 4.79 Å². The quantitative estimate of drug-likeness (QED) is 0.472. The number of carbonyl (C=O) groups excluding carboxylic acids is 1. The Labute approximate surface area is 191 Å². The van der Waals surface area contributed by atoms with Crippen LogP contribution in [0.15, 0.2) is 54.6 Å². The highest BCUT2D eigenvalue weighted by molar-refractivity contribution is 6.36. The predicted molar refractivity (Wildman–Crippen MR) is 127 cm³/mol. The third kappa shape index (κ3) is 5.66. The van der Waals surface area contributed by atoms with E-state index in [2.05, 4.69) is 25.7 Å². The van der Waals surface area contributed by atoms with E-state index < -0.39 is 6.03 Å². The average molecular weight is 456 g/mol. The van der Waals surface area contributed by atoms with Crippen molar-refractivity contribution >= 4 is 46.4 Å². The van der Waals surface area contributed by atoms with Crippen LogP contribution in [-0.2, 0) is 0 Å². The maximum absolute atomic E-state index is 12.4. The van der Waals surface area contributed by atoms with Gasteiger partial charge in [0.25, 0.3) is 0 Å². The molecular formula is C23H23Cl2N5O. The maximum Gasteiger partial charge on any atom is 0.323 e. The number of aromatic nitrogens is 2. The topological polar surface area (TPSA) is 70.2 Å². The first-order valence-electron chi connectivity index (χ1n) is 10.3. The first-order valence-corrected chi connectivity index (χ1v) is 11.1. The molecule has 1 aromatic heterocycles. The summed E-state index contributed by atoms with van der Waals surface area (Å²) in [7, 11) is 0. The Balaban J connectivity index is 1.43. The number of amides is 2. The summed E-state index contributed by atoms with van der Waals surface area (Å²) in [5.41, 5.74) is 2.74. The number of rotatable bonds is 4. The number of carbonyl (C=O) groups is 1. The van der Waals surface area contributed by atoms with Crippen LogP contribution in [0.5, 0.6) is 0 Å². The average Bonchev–Trinajstić information content (AvgIpc) is 3.06. The van der Waals surface area contributed by atoms with Crippen LogP contribution in [-0.4, -0.2) is 29.3 Å². The number of nitrogens with one attached hydrogen (secondary N) is 2. The summed E-state index contributed by atoms with van der Waals surface area (Å²) in [5.74, 6) is 0.916. The molecule has 1 saturated heterocycles. The van der Waals surface area contributed by atoms with Gasteiger partial charge in [0.05, 0.1) is 16.4 Å². The molecule has 0 atom stereocenters. The van der Waals surface area contributed by atoms with E-state index in [0.717, 1.165) is 30.2 Å². The largest absolute Gasteiger partial charge is 0.355 e. The molecule has 2 amide bonds. The highest BCUT2D eigenvalue weighted by atomic mass is 35.5. The number of hydrogen-bond donors (Lipinski definition) is 2. The van der Waals surface area contributed by atoms with Crippen LogP contribution in [0, 0.1) is 0 Å². The summed E-state index contributed by atoms with van der Waals surface area (Å²) in [6.07, 6.45) is 4.94. The van der Waals surface area contributed by atoms with Gasteiger partial charge in [0, 0.05) is 29.4 Å². The molecule has 160 valence electrons. The van der Waals surface area contributed by atoms with Crippen LogP contribution in [0.2, 0.25) is 10.0 Å². The molecule has 0 spiro atoms. The first kappa shape index (κ1) is 21.4. The predicted octanol–water partition coefficient (Wildman–Crippen LogP) is 6.47. The minimum Gasteiger partial charge on any atom is -0.355 e. The van der Waals surface area contributed by atoms with Crippen molar-refractivity contribution in [1.82, 2.24) is 10.2 Å². The lowest BCUT2D eigenvalue weighted by atomic mass is 10.1. The summed E-state index contributed by atoms with van der Waals surface area (Å²) in [6, 6.07) is 16.0. The molecule has 0 aliphatic carbocycles. The Morgan fingerprint density at radius 2 is 1.68 bits per heavy atom. The van der Waals surface area contributed by atoms with Crippen molar-refractivity contribution in [3.63, 3.8) is 0 Å². The van der Waals surface area contributed by atoms with Crippen LogP contribution in [0.4, 0.5) is 22.0 Å². The van der Waals surface area contributed by atoms with Gasteiger partial charge in [0.1, 0.15) is 0 Å². The smallest absolute Gasteiger partial charge is 0.323 e. The second-order valence-corrected chi connectivity index (χ2v) is 8.31. The van der Waals surface area contributed by atoms with Gasteiger partial charge >= 0.3 is 6.03 Å². The normalized spacial score (nSPS) is 14.1. The SMILES string of the molecule is O=C(Nc1cccc(-c2ccc(N3CCCCCC3)nn2)c1)Nc1ccc(Cl)cc1Cl. The molecule has 8 heteroatoms. The lowest BCUT2D eigenvalue weighted by Crippen LogP contribution is -2.25. The van der Waals surface area contributed by atoms with Gasteiger partial charge in [-0.05, 0) is 55.3 Å². The zero-order chi connectivity index (χ0) is 21.6. The fourth-order valence-electron chi connectivity index (χ4n) is 3.58. The summed E-state index contributed by atoms with van der Waals surface area (Å²) in [4.78, 5) is 14.7. The maximum atomic E-state index is 12.4. The van der Waals surface area contributed by atoms with E-state index in [4.69, 9.17) is 23.2 Å². The van der Waals surface area contributed by atoms with Crippen LogP contribution in [0.1, 0.15) is 25.7 Å². The Morgan fingerprint density at radius 1 is 0.871 bits per heavy atom. The van der Waals surface area contributed by atoms with Crippen molar-refractivity contribution in [2.75, 3.05) is 28.6 Å². The summed E-state index contributed by atoms with van der Waals surface area (Å²) in [6.45, 7) is 2.06. The molecule has 2 heterocycles. The van der Waals surface area contributed by atoms with E-state index in [-0.39, 0.29) is 0 Å². The highest BCUT2D eigenvalue weighted by Gasteiger charge is 2.12. The zero-order valence-corrected chi connectivity index (χ0v) is 18.5. The third-order valence-electron chi connectivity index (χ3n) is 5.18. The van der Waals surface area contributed by atoms with Gasteiger partial charge in [0.15, 0.2) is 5.82 Å². The lowest BCUT2D eigenvalue weighted by Gasteiger charge is -2.20. The van der Waals surface area contributed by atoms with Crippen molar-refractivity contribution in [1.29, 1.82) is 0 Å². The van der Waals surface area contributed by atoms with Gasteiger partial charge in [-0.15, -0.1) is 10.2 Å². The third-order valence-corrected chi connectivity index (χ3v) is 5.72. The minimum absolute atomic E-state index is 0.371. The number of anilines is 3. The van der Waals surface area contributed by atoms with E-state index in [1.807, 2.05) is 36.4 Å². The lowest BCUT2D eigenvalue weighted by molar-refractivity contribution is 0.262. The molecule has 4 rings (SSSR count). The van der Waals surface area contributed by atoms with Crippen molar-refractivity contribution in [3.8, 4) is 11.3 Å². The molecule has 1 aliphatic rings. The molecule has 0 unspecified atom stereocenters. The molecule has 6 nitrogen and oxygen atoms in total. The first-order chi connectivity index (χ1) is 15.1. The summed E-state index contributed by atoms with van der Waals surface area (Å²) in [5, 5.41) is 15.3. The summed E-state index contributed by atoms with van der Waals surface area (Å²) < 4.78 is 0. The fourth-order valence-corrected chi connectivity index (χ4v) is 4.04. The molecule has 0 radical (unpaired) electrons. The molecule has 3 aromatic rings. The van der Waals surface area contributed by atoms with Gasteiger partial charge < -0.3 is 15.5 Å². The number of hydrogen-bond acceptors (Lipinski definition) is 4. The fraction of sp³-hybridized carbons (Fsp3) is 0.261. The number of halogens is 2. The molecule has 0 bridgehead atoms. The van der Waals surface area contributed by atoms with E-state index >= 15 is 0 Å². The molecule has 2 N–H and O–H groups in total. The van der Waals surface area contributed by atoms with Crippen LogP contribution in [0.25, 0.3) is 11.3 Å². The van der Waals surface area contributed by atoms with Crippen LogP contribution < -0.4 is 15.5 Å². The molecule has 2 aromatic carbocycles. The summed E-state index contributed by atoms with van der Waals surface area (Å²) >= 11 is 12.0. The van der Waals surface area contributed by atoms with Crippen LogP contribution >= 0.6 is 23.2 Å². The van der Waals surface area contributed by atoms with Gasteiger partial charge in [-0.3, -0.25) is 0 Å². The number of urea groups is 1. The Kier molecular flexibility index (Phi) is 6.89. The Bertz CT molecular complexity index is 1050. The molecule has 0 saturated carbocycles. The second kappa shape index (κ2) is 9.98. The standard InChI is InChI=1S/C23H23Cl2N5O/c24-17-8-9-21(19(25)15-17)27-23(31)26-18-7-5-6-16(14-18)20-10-11-22(29-28-20)30-12-3-1-2-4-13-30/h5-11,14-15H,1-4,12-13H2,(H2,26,27,31). The van der Waals surface area contributed by atoms with E-state index in [1.54, 1.807) is 18.2 Å². The van der Waals surface area contributed by atoms with E-state index in [1.165, 1.54) is 25.7 Å². The van der Waals surface area contributed by atoms with Gasteiger partial charge in [-0.1, -0.05) is 48.2 Å². The monoisotopic (exact) mass is 455 g/mol. The minimum atomic E-state index is -0.399. The molecular weight excluding hydrogens is 433 g/mol. The van der Waals surface area contributed by atoms with Crippen molar-refractivity contribution in [2.45, 2.75) is 25.7 Å². The van der Waals surface area contributed by atoms with E-state index in [0.29, 0.717) is 21.4 Å². The number of benzene rings is 2. The highest BCUT2D eigenvalue weighted by Crippen LogP contribution is 2.26. The van der Waals surface area contributed by atoms with Gasteiger partial charge in [-0.25, -0.2) is 4.79 Å². The Morgan fingerprint density at radius 3 is 2.39 bits per heavy atom. The van der Waals surface area contributed by atoms with Crippen molar-refractivity contribution in [2.24, 2.45) is 0 Å². The van der Waals surface area contributed by atoms with Crippen molar-refractivity contribution < 1.29 is 4.79 Å². The van der Waals surface area contributed by atoms with Crippen LogP contribution in [0.3, 0.4) is 0 Å². The van der Waals surface area contributed by atoms with Gasteiger partial charge in [-0.2, -0.15) is 0 Å². The number of nitrogens with zero attached hydrogens (tertiary/aromatic N) is 3. The second-order valence-electron chi connectivity index (χ2n) is 7.46. The Hall–Kier alpha value is -2.83.